The van der Waals surface area contributed by atoms with Gasteiger partial charge >= 0.3 is 29.6 Å². The summed E-state index contributed by atoms with van der Waals surface area (Å²) in [5.74, 6) is -1.20. The maximum absolute atomic E-state index is 11.9. The molecule has 2 unspecified atom stereocenters. The molecule has 2 atom stereocenters. The van der Waals surface area contributed by atoms with Crippen molar-refractivity contribution in [2.45, 2.75) is 67.7 Å². The molecule has 2 amide bonds. The minimum atomic E-state index is -1.15. The number of carbonyl (C=O) groups excluding carboxylic acids is 2. The molecule has 0 saturated heterocycles. The molecule has 1 aliphatic rings. The number of amides is 2. The van der Waals surface area contributed by atoms with Crippen molar-refractivity contribution in [2.24, 2.45) is 16.3 Å². The third kappa shape index (κ3) is 29.2. The van der Waals surface area contributed by atoms with E-state index >= 15 is 0 Å². The first-order valence-electron chi connectivity index (χ1n) is 14.0. The molecule has 0 spiro atoms. The normalized spacial score (nSPS) is 15.9. The second-order valence-electron chi connectivity index (χ2n) is 7.87. The molecule has 0 aliphatic carbocycles. The zero-order valence-electron chi connectivity index (χ0n) is 26.8. The van der Waals surface area contributed by atoms with E-state index in [9.17, 15) is 14.7 Å². The number of hydrogen-bond acceptors (Lipinski definition) is 11. The molecule has 0 fully saturated rings. The second-order valence-corrected chi connectivity index (χ2v) is 7.87. The average Bonchev–Trinajstić information content (AvgIpc) is 2.93. The molecule has 1 aliphatic heterocycles. The number of hydrogen-bond donors (Lipinski definition) is 5. The third-order valence-electron chi connectivity index (χ3n) is 5.09. The molecule has 0 radical (unpaired) electrons. The molecule has 1 heterocycles. The van der Waals surface area contributed by atoms with Crippen molar-refractivity contribution in [3.8, 4) is 0 Å². The Morgan fingerprint density at radius 3 is 1.41 bits per heavy atom. The zero-order valence-corrected chi connectivity index (χ0v) is 28.8. The molecule has 13 nitrogen and oxygen atoms in total. The summed E-state index contributed by atoms with van der Waals surface area (Å²) < 4.78 is 19.4. The number of amidine groups is 1. The van der Waals surface area contributed by atoms with Gasteiger partial charge in [0.05, 0.1) is 58.9 Å². The summed E-state index contributed by atoms with van der Waals surface area (Å²) in [5, 5.41) is 44.9. The Kier molecular flexibility index (Phi) is 47.9. The summed E-state index contributed by atoms with van der Waals surface area (Å²) in [6.07, 6.45) is 2.02. The number of aliphatic imine (C=N–C) groups is 1. The molecule has 0 bridgehead atoms. The quantitative estimate of drug-likeness (QED) is 0.0692. The molecule has 1 rings (SSSR count). The van der Waals surface area contributed by atoms with Crippen LogP contribution in [0.15, 0.2) is 4.99 Å². The molecular weight excluding hydrogens is 551 g/mol. The Balaban J connectivity index is -0.000000148. The van der Waals surface area contributed by atoms with Crippen molar-refractivity contribution in [1.82, 2.24) is 5.32 Å². The molecular formula is C27H57N2NaO11. The van der Waals surface area contributed by atoms with E-state index in [0.717, 1.165) is 39.3 Å². The summed E-state index contributed by atoms with van der Waals surface area (Å²) in [5.41, 5.74) is -1.15. The van der Waals surface area contributed by atoms with Crippen molar-refractivity contribution >= 4 is 17.8 Å². The summed E-state index contributed by atoms with van der Waals surface area (Å²) in [6.45, 7) is 18.4. The van der Waals surface area contributed by atoms with Gasteiger partial charge in [0.15, 0.2) is 0 Å². The standard InChI is InChI=1S/C11H18N2O3.C6H14O4.2C4H10O.C2H6O2.Na/c1-4-6-7(3)11(5-2)8(14)12-10(16)13-9(11)15;7-1-3-9-5-6-10-4-2-8;2*1-3-5-4-2;3-1-2-4;/h7H,4-6H2,1-3H3,(H2,12,13,14,15,16);7-8H,1-6H2;2*3-4H2,1-2H3;3-4H,1-2H2;/q;;;;;+1/p-1. The Morgan fingerprint density at radius 2 is 1.17 bits per heavy atom. The van der Waals surface area contributed by atoms with E-state index in [1.807, 2.05) is 41.5 Å². The molecule has 0 aromatic rings. The van der Waals surface area contributed by atoms with Gasteiger partial charge in [0.1, 0.15) is 5.41 Å². The fourth-order valence-corrected chi connectivity index (χ4v) is 3.16. The van der Waals surface area contributed by atoms with Gasteiger partial charge in [-0.2, -0.15) is 0 Å². The van der Waals surface area contributed by atoms with Crippen LogP contribution in [0.3, 0.4) is 0 Å². The van der Waals surface area contributed by atoms with Gasteiger partial charge in [-0.25, -0.2) is 4.99 Å². The number of nitrogens with one attached hydrogen (secondary N) is 1. The topological polar surface area (TPSA) is 199 Å². The van der Waals surface area contributed by atoms with Gasteiger partial charge in [-0.05, 0) is 46.5 Å². The Labute approximate surface area is 269 Å². The smallest absolute Gasteiger partial charge is 0.846 e. The molecule has 0 saturated carbocycles. The molecule has 0 aromatic heterocycles. The molecule has 0 aromatic carbocycles. The van der Waals surface area contributed by atoms with Crippen LogP contribution in [0.2, 0.25) is 0 Å². The first-order chi connectivity index (χ1) is 19.1. The van der Waals surface area contributed by atoms with Crippen LogP contribution in [0.25, 0.3) is 0 Å². The van der Waals surface area contributed by atoms with Crippen LogP contribution in [0, 0.1) is 11.3 Å². The maximum atomic E-state index is 11.9. The Bertz CT molecular complexity index is 567. The van der Waals surface area contributed by atoms with E-state index in [1.54, 1.807) is 6.92 Å². The monoisotopic (exact) mass is 608 g/mol. The SMILES string of the molecule is CCCC(C)C1(CC)C(=O)N=C([O-])NC1=O.CCOCC.CCOCC.OCCO.OCCOCCOCCO.[Na+]. The average molecular weight is 609 g/mol. The van der Waals surface area contributed by atoms with E-state index in [0.29, 0.717) is 32.8 Å². The summed E-state index contributed by atoms with van der Waals surface area (Å²) in [6, 6.07) is -0.845. The number of rotatable bonds is 16. The first-order valence-corrected chi connectivity index (χ1v) is 14.0. The van der Waals surface area contributed by atoms with Crippen molar-refractivity contribution < 1.29 is 83.6 Å². The number of ether oxygens (including phenoxy) is 4. The summed E-state index contributed by atoms with van der Waals surface area (Å²) in [4.78, 5) is 27.1. The van der Waals surface area contributed by atoms with E-state index in [4.69, 9.17) is 39.4 Å². The van der Waals surface area contributed by atoms with E-state index in [-0.39, 0.29) is 61.9 Å². The van der Waals surface area contributed by atoms with E-state index in [2.05, 4.69) is 10.3 Å². The third-order valence-corrected chi connectivity index (χ3v) is 5.09. The second kappa shape index (κ2) is 39.3. The van der Waals surface area contributed by atoms with Crippen LogP contribution in [-0.2, 0) is 28.5 Å². The number of nitrogens with zero attached hydrogens (tertiary/aromatic N) is 1. The number of aliphatic hydroxyl groups is 4. The van der Waals surface area contributed by atoms with Gasteiger partial charge in [-0.1, -0.05) is 27.2 Å². The van der Waals surface area contributed by atoms with E-state index in [1.165, 1.54) is 0 Å². The predicted octanol–water partition coefficient (Wildman–Crippen LogP) is -2.74. The van der Waals surface area contributed by atoms with Gasteiger partial charge in [-0.15, -0.1) is 0 Å². The number of aliphatic hydroxyl groups excluding tert-OH is 4. The van der Waals surface area contributed by atoms with Crippen molar-refractivity contribution in [3.05, 3.63) is 0 Å². The Morgan fingerprint density at radius 1 is 0.756 bits per heavy atom. The van der Waals surface area contributed by atoms with Gasteiger partial charge < -0.3 is 49.8 Å². The molecule has 41 heavy (non-hydrogen) atoms. The van der Waals surface area contributed by atoms with Crippen LogP contribution in [0.4, 0.5) is 0 Å². The minimum Gasteiger partial charge on any atom is -0.846 e. The van der Waals surface area contributed by atoms with Crippen LogP contribution in [-0.4, -0.2) is 118 Å². The van der Waals surface area contributed by atoms with Crippen LogP contribution < -0.4 is 40.0 Å². The van der Waals surface area contributed by atoms with Gasteiger partial charge in [-0.3, -0.25) is 9.59 Å². The van der Waals surface area contributed by atoms with Crippen LogP contribution >= 0.6 is 0 Å². The van der Waals surface area contributed by atoms with Gasteiger partial charge in [0.2, 0.25) is 5.91 Å². The van der Waals surface area contributed by atoms with Gasteiger partial charge in [0.25, 0.3) is 5.91 Å². The molecule has 5 N–H and O–H groups in total. The van der Waals surface area contributed by atoms with Crippen molar-refractivity contribution in [2.75, 3.05) is 79.3 Å². The fraction of sp³-hybridized carbons (Fsp3) is 0.889. The maximum Gasteiger partial charge on any atom is 1.00 e. The number of carbonyl (C=O) groups is 2. The minimum absolute atomic E-state index is 0. The largest absolute Gasteiger partial charge is 1.00 e. The molecule has 242 valence electrons. The van der Waals surface area contributed by atoms with Crippen molar-refractivity contribution in [3.63, 3.8) is 0 Å². The van der Waals surface area contributed by atoms with Crippen molar-refractivity contribution in [1.29, 1.82) is 0 Å². The fourth-order valence-electron chi connectivity index (χ4n) is 3.16. The van der Waals surface area contributed by atoms with Crippen LogP contribution in [0.5, 0.6) is 0 Å². The zero-order chi connectivity index (χ0) is 31.7. The van der Waals surface area contributed by atoms with E-state index < -0.39 is 23.3 Å². The predicted molar refractivity (Wildman–Crippen MR) is 152 cm³/mol. The summed E-state index contributed by atoms with van der Waals surface area (Å²) in [7, 11) is 0. The summed E-state index contributed by atoms with van der Waals surface area (Å²) >= 11 is 0. The van der Waals surface area contributed by atoms with Gasteiger partial charge in [0, 0.05) is 26.4 Å². The molecule has 14 heteroatoms. The first kappa shape index (κ1) is 49.9. The Hall–Kier alpha value is -0.710. The van der Waals surface area contributed by atoms with Crippen LogP contribution in [0.1, 0.15) is 67.7 Å².